The van der Waals surface area contributed by atoms with E-state index in [4.69, 9.17) is 9.56 Å². The Morgan fingerprint density at radius 3 is 2.36 bits per heavy atom. The number of hydrogen-bond acceptors (Lipinski definition) is 4. The van der Waals surface area contributed by atoms with Crippen LogP contribution < -0.4 is 10.5 Å². The first-order valence-corrected chi connectivity index (χ1v) is 8.38. The quantitative estimate of drug-likeness (QED) is 0.878. The molecule has 3 N–H and O–H groups in total. The van der Waals surface area contributed by atoms with Gasteiger partial charge in [-0.15, -0.1) is 0 Å². The highest BCUT2D eigenvalue weighted by Crippen LogP contribution is 2.17. The van der Waals surface area contributed by atoms with Crippen molar-refractivity contribution < 1.29 is 17.6 Å². The summed E-state index contributed by atoms with van der Waals surface area (Å²) in [6.45, 7) is 3.74. The topological polar surface area (TPSA) is 102 Å². The van der Waals surface area contributed by atoms with Crippen molar-refractivity contribution in [2.45, 2.75) is 31.2 Å². The van der Waals surface area contributed by atoms with E-state index in [9.17, 15) is 13.2 Å². The zero-order valence-electron chi connectivity index (χ0n) is 12.4. The zero-order chi connectivity index (χ0) is 16.3. The summed E-state index contributed by atoms with van der Waals surface area (Å²) >= 11 is 0. The molecule has 0 aliphatic rings. The van der Waals surface area contributed by atoms with Crippen LogP contribution in [-0.2, 0) is 16.4 Å². The minimum Gasteiger partial charge on any atom is -0.456 e. The van der Waals surface area contributed by atoms with Crippen LogP contribution in [0.5, 0.6) is 0 Å². The highest BCUT2D eigenvalue weighted by atomic mass is 32.2. The summed E-state index contributed by atoms with van der Waals surface area (Å²) in [6.07, 6.45) is 0.720. The highest BCUT2D eigenvalue weighted by molar-refractivity contribution is 7.89. The lowest BCUT2D eigenvalue weighted by Gasteiger charge is -2.13. The number of benzene rings is 1. The van der Waals surface area contributed by atoms with Gasteiger partial charge < -0.3 is 9.73 Å². The number of amides is 1. The SMILES string of the molecule is CCc1ccc(C(=O)N[C@H](C)c2ccc(S(N)(=O)=O)cc2)o1. The Morgan fingerprint density at radius 1 is 1.23 bits per heavy atom. The van der Waals surface area contributed by atoms with E-state index in [1.54, 1.807) is 31.2 Å². The molecule has 6 nitrogen and oxygen atoms in total. The summed E-state index contributed by atoms with van der Waals surface area (Å²) in [6, 6.07) is 9.16. The molecule has 7 heteroatoms. The van der Waals surface area contributed by atoms with Crippen LogP contribution >= 0.6 is 0 Å². The van der Waals surface area contributed by atoms with Gasteiger partial charge in [0.1, 0.15) is 5.76 Å². The maximum atomic E-state index is 12.1. The largest absolute Gasteiger partial charge is 0.456 e. The maximum absolute atomic E-state index is 12.1. The summed E-state index contributed by atoms with van der Waals surface area (Å²) < 4.78 is 27.8. The van der Waals surface area contributed by atoms with Crippen molar-refractivity contribution >= 4 is 15.9 Å². The molecule has 118 valence electrons. The van der Waals surface area contributed by atoms with Gasteiger partial charge in [-0.25, -0.2) is 13.6 Å². The van der Waals surface area contributed by atoms with E-state index in [1.165, 1.54) is 12.1 Å². The van der Waals surface area contributed by atoms with Gasteiger partial charge >= 0.3 is 0 Å². The predicted molar refractivity (Wildman–Crippen MR) is 81.8 cm³/mol. The third kappa shape index (κ3) is 3.75. The van der Waals surface area contributed by atoms with Crippen LogP contribution in [0.1, 0.15) is 41.8 Å². The third-order valence-electron chi connectivity index (χ3n) is 3.29. The smallest absolute Gasteiger partial charge is 0.287 e. The molecule has 0 radical (unpaired) electrons. The van der Waals surface area contributed by atoms with Gasteiger partial charge in [0.2, 0.25) is 10.0 Å². The van der Waals surface area contributed by atoms with Crippen molar-refractivity contribution in [2.24, 2.45) is 5.14 Å². The van der Waals surface area contributed by atoms with Gasteiger partial charge in [-0.3, -0.25) is 4.79 Å². The van der Waals surface area contributed by atoms with Crippen LogP contribution in [0.15, 0.2) is 45.7 Å². The fourth-order valence-electron chi connectivity index (χ4n) is 1.99. The molecule has 0 saturated carbocycles. The van der Waals surface area contributed by atoms with E-state index in [1.807, 2.05) is 6.92 Å². The van der Waals surface area contributed by atoms with E-state index in [2.05, 4.69) is 5.32 Å². The van der Waals surface area contributed by atoms with Crippen LogP contribution in [0.25, 0.3) is 0 Å². The number of hydrogen-bond donors (Lipinski definition) is 2. The fraction of sp³-hybridized carbons (Fsp3) is 0.267. The molecule has 1 heterocycles. The number of rotatable bonds is 5. The van der Waals surface area contributed by atoms with Gasteiger partial charge in [-0.05, 0) is 36.8 Å². The maximum Gasteiger partial charge on any atom is 0.287 e. The number of carbonyl (C=O) groups is 1. The number of nitrogens with two attached hydrogens (primary N) is 1. The summed E-state index contributed by atoms with van der Waals surface area (Å²) in [5, 5.41) is 7.84. The standard InChI is InChI=1S/C15H18N2O4S/c1-3-12-6-9-14(21-12)15(18)17-10(2)11-4-7-13(8-5-11)22(16,19)20/h4-10H,3H2,1-2H3,(H,17,18)(H2,16,19,20)/t10-/m1/s1. The molecule has 2 aromatic rings. The summed E-state index contributed by atoms with van der Waals surface area (Å²) in [4.78, 5) is 12.1. The van der Waals surface area contributed by atoms with Crippen molar-refractivity contribution in [2.75, 3.05) is 0 Å². The third-order valence-corrected chi connectivity index (χ3v) is 4.22. The van der Waals surface area contributed by atoms with Crippen LogP contribution in [0.3, 0.4) is 0 Å². The summed E-state index contributed by atoms with van der Waals surface area (Å²) in [5.74, 6) is 0.683. The second-order valence-electron chi connectivity index (χ2n) is 4.93. The molecule has 0 saturated heterocycles. The van der Waals surface area contributed by atoms with E-state index < -0.39 is 10.0 Å². The Morgan fingerprint density at radius 2 is 1.86 bits per heavy atom. The first-order chi connectivity index (χ1) is 10.3. The number of sulfonamides is 1. The predicted octanol–water partition coefficient (Wildman–Crippen LogP) is 1.98. The van der Waals surface area contributed by atoms with E-state index >= 15 is 0 Å². The molecule has 1 aromatic heterocycles. The summed E-state index contributed by atoms with van der Waals surface area (Å²) in [7, 11) is -3.71. The van der Waals surface area contributed by atoms with Crippen molar-refractivity contribution in [3.8, 4) is 0 Å². The molecule has 22 heavy (non-hydrogen) atoms. The molecule has 2 rings (SSSR count). The number of primary sulfonamides is 1. The Labute approximate surface area is 129 Å². The minimum atomic E-state index is -3.71. The number of nitrogens with one attached hydrogen (secondary N) is 1. The van der Waals surface area contributed by atoms with Gasteiger partial charge in [0.25, 0.3) is 5.91 Å². The molecule has 0 aliphatic heterocycles. The summed E-state index contributed by atoms with van der Waals surface area (Å²) in [5.41, 5.74) is 0.767. The van der Waals surface area contributed by atoms with Crippen molar-refractivity contribution in [3.05, 3.63) is 53.5 Å². The Bertz CT molecular complexity index is 763. The molecule has 0 fully saturated rings. The molecule has 0 spiro atoms. The normalized spacial score (nSPS) is 12.9. The fourth-order valence-corrected chi connectivity index (χ4v) is 2.50. The molecular formula is C15H18N2O4S. The van der Waals surface area contributed by atoms with Crippen LogP contribution in [0.2, 0.25) is 0 Å². The molecule has 1 atom stereocenters. The molecule has 1 amide bonds. The average Bonchev–Trinajstić information content (AvgIpc) is 2.95. The number of aryl methyl sites for hydroxylation is 1. The van der Waals surface area contributed by atoms with Gasteiger partial charge in [0.05, 0.1) is 10.9 Å². The van der Waals surface area contributed by atoms with Gasteiger partial charge in [0.15, 0.2) is 5.76 Å². The molecular weight excluding hydrogens is 304 g/mol. The average molecular weight is 322 g/mol. The molecule has 0 unspecified atom stereocenters. The molecule has 0 bridgehead atoms. The first-order valence-electron chi connectivity index (χ1n) is 6.83. The van der Waals surface area contributed by atoms with Crippen LogP contribution in [0, 0.1) is 0 Å². The van der Waals surface area contributed by atoms with Crippen molar-refractivity contribution in [1.82, 2.24) is 5.32 Å². The Balaban J connectivity index is 2.08. The number of carbonyl (C=O) groups excluding carboxylic acids is 1. The van der Waals surface area contributed by atoms with Gasteiger partial charge in [-0.1, -0.05) is 19.1 Å². The van der Waals surface area contributed by atoms with Gasteiger partial charge in [-0.2, -0.15) is 0 Å². The van der Waals surface area contributed by atoms with Crippen LogP contribution in [-0.4, -0.2) is 14.3 Å². The van der Waals surface area contributed by atoms with E-state index in [-0.39, 0.29) is 22.6 Å². The van der Waals surface area contributed by atoms with E-state index in [0.717, 1.165) is 17.7 Å². The lowest BCUT2D eigenvalue weighted by atomic mass is 10.1. The lowest BCUT2D eigenvalue weighted by Crippen LogP contribution is -2.26. The lowest BCUT2D eigenvalue weighted by molar-refractivity contribution is 0.0910. The minimum absolute atomic E-state index is 0.0356. The number of furan rings is 1. The van der Waals surface area contributed by atoms with E-state index in [0.29, 0.717) is 0 Å². The molecule has 1 aromatic carbocycles. The molecule has 0 aliphatic carbocycles. The van der Waals surface area contributed by atoms with Crippen molar-refractivity contribution in [1.29, 1.82) is 0 Å². The zero-order valence-corrected chi connectivity index (χ0v) is 13.2. The van der Waals surface area contributed by atoms with Crippen molar-refractivity contribution in [3.63, 3.8) is 0 Å². The second-order valence-corrected chi connectivity index (χ2v) is 6.49. The first kappa shape index (κ1) is 16.3. The van der Waals surface area contributed by atoms with Gasteiger partial charge in [0, 0.05) is 6.42 Å². The Kier molecular flexibility index (Phi) is 4.68. The Hall–Kier alpha value is -2.12. The van der Waals surface area contributed by atoms with Crippen LogP contribution in [0.4, 0.5) is 0 Å². The second kappa shape index (κ2) is 6.33. The highest BCUT2D eigenvalue weighted by Gasteiger charge is 2.15. The monoisotopic (exact) mass is 322 g/mol.